The summed E-state index contributed by atoms with van der Waals surface area (Å²) in [7, 11) is -1.94. The number of rotatable bonds is 9. The van der Waals surface area contributed by atoms with Crippen LogP contribution in [0.15, 0.2) is 133 Å². The molecule has 0 bridgehead atoms. The number of carbonyl (C=O) groups is 1. The summed E-state index contributed by atoms with van der Waals surface area (Å²) in [5, 5.41) is 6.51. The zero-order valence-corrected chi connectivity index (χ0v) is 23.4. The lowest BCUT2D eigenvalue weighted by molar-refractivity contribution is -0.144. The fourth-order valence-electron chi connectivity index (χ4n) is 5.44. The van der Waals surface area contributed by atoms with E-state index in [-0.39, 0.29) is 5.97 Å². The van der Waals surface area contributed by atoms with Crippen LogP contribution in [0.25, 0.3) is 20.2 Å². The van der Waals surface area contributed by atoms with Crippen LogP contribution in [0.3, 0.4) is 0 Å². The predicted molar refractivity (Wildman–Crippen MR) is 168 cm³/mol. The van der Waals surface area contributed by atoms with Crippen LogP contribution < -0.4 is 15.9 Å². The van der Waals surface area contributed by atoms with E-state index in [0.29, 0.717) is 13.0 Å². The van der Waals surface area contributed by atoms with Crippen molar-refractivity contribution in [1.29, 1.82) is 0 Å². The first-order chi connectivity index (χ1) is 19.2. The van der Waals surface area contributed by atoms with E-state index < -0.39 is 7.26 Å². The van der Waals surface area contributed by atoms with E-state index in [4.69, 9.17) is 4.74 Å². The van der Waals surface area contributed by atoms with Gasteiger partial charge in [-0.15, -0.1) is 11.3 Å². The van der Waals surface area contributed by atoms with Gasteiger partial charge < -0.3 is 4.74 Å². The van der Waals surface area contributed by atoms with Crippen LogP contribution >= 0.6 is 18.6 Å². The van der Waals surface area contributed by atoms with Crippen molar-refractivity contribution in [2.24, 2.45) is 0 Å². The highest BCUT2D eigenvalue weighted by Crippen LogP contribution is 2.55. The summed E-state index contributed by atoms with van der Waals surface area (Å²) in [6.07, 6.45) is 2.07. The smallest absolute Gasteiger partial charge is 0.306 e. The number of benzene rings is 5. The number of ether oxygens (including phenoxy) is 1. The molecule has 0 saturated carbocycles. The van der Waals surface area contributed by atoms with Gasteiger partial charge in [0.25, 0.3) is 0 Å². The summed E-state index contributed by atoms with van der Waals surface area (Å²) in [4.78, 5) is 12.9. The van der Waals surface area contributed by atoms with Crippen molar-refractivity contribution in [2.75, 3.05) is 6.16 Å². The van der Waals surface area contributed by atoms with Crippen molar-refractivity contribution in [3.8, 4) is 0 Å². The van der Waals surface area contributed by atoms with Gasteiger partial charge in [-0.2, -0.15) is 0 Å². The van der Waals surface area contributed by atoms with Gasteiger partial charge in [0.1, 0.15) is 29.8 Å². The summed E-state index contributed by atoms with van der Waals surface area (Å²) in [6.45, 7) is 0.301. The molecule has 0 spiro atoms. The van der Waals surface area contributed by atoms with Gasteiger partial charge in [0.2, 0.25) is 0 Å². The van der Waals surface area contributed by atoms with Crippen LogP contribution in [0.5, 0.6) is 0 Å². The molecule has 192 valence electrons. The van der Waals surface area contributed by atoms with Gasteiger partial charge in [0.15, 0.2) is 0 Å². The van der Waals surface area contributed by atoms with Crippen LogP contribution in [0.4, 0.5) is 0 Å². The zero-order chi connectivity index (χ0) is 26.5. The van der Waals surface area contributed by atoms with Gasteiger partial charge in [-0.3, -0.25) is 4.79 Å². The highest BCUT2D eigenvalue weighted by molar-refractivity contribution is 7.95. The van der Waals surface area contributed by atoms with E-state index in [0.717, 1.165) is 18.1 Å². The molecule has 5 aromatic carbocycles. The Labute approximate surface area is 234 Å². The Morgan fingerprint density at radius 1 is 0.615 bits per heavy atom. The molecule has 0 saturated heterocycles. The molecule has 0 N–H and O–H groups in total. The Kier molecular flexibility index (Phi) is 7.54. The molecule has 4 heteroatoms. The number of carbonyl (C=O) groups excluding carboxylic acids is 1. The molecule has 0 aliphatic rings. The first-order valence-electron chi connectivity index (χ1n) is 13.3. The third kappa shape index (κ3) is 5.26. The lowest BCUT2D eigenvalue weighted by Gasteiger charge is -2.27. The number of thiophene rings is 1. The van der Waals surface area contributed by atoms with Crippen molar-refractivity contribution < 1.29 is 9.53 Å². The van der Waals surface area contributed by atoms with Gasteiger partial charge in [0, 0.05) is 26.6 Å². The molecule has 0 aliphatic heterocycles. The third-order valence-corrected chi connectivity index (χ3v) is 13.0. The molecule has 0 aliphatic carbocycles. The van der Waals surface area contributed by atoms with Gasteiger partial charge in [-0.05, 0) is 66.6 Å². The lowest BCUT2D eigenvalue weighted by Crippen LogP contribution is -2.33. The molecule has 1 aromatic heterocycles. The zero-order valence-electron chi connectivity index (χ0n) is 21.7. The van der Waals surface area contributed by atoms with E-state index in [1.54, 1.807) is 11.3 Å². The Morgan fingerprint density at radius 3 is 1.77 bits per heavy atom. The third-order valence-electron chi connectivity index (χ3n) is 7.31. The van der Waals surface area contributed by atoms with E-state index in [2.05, 4.69) is 133 Å². The van der Waals surface area contributed by atoms with E-state index >= 15 is 0 Å². The van der Waals surface area contributed by atoms with Crippen molar-refractivity contribution >= 4 is 60.7 Å². The van der Waals surface area contributed by atoms with Crippen LogP contribution in [0.1, 0.15) is 18.4 Å². The standard InChI is InChI=1S/C35H30O2PS/c36-35(37-26-27-22-23-34-32(25-27)31-19-10-11-20-33(31)39-34)21-12-24-38(28-13-4-1-5-14-28,29-15-6-2-7-16-29)30-17-8-3-9-18-30/h1-11,13-20,22-23,25H,12,21,24,26H2/q+1. The average molecular weight is 546 g/mol. The first kappa shape index (κ1) is 25.5. The molecule has 0 unspecified atom stereocenters. The predicted octanol–water partition coefficient (Wildman–Crippen LogP) is 7.87. The fourth-order valence-corrected chi connectivity index (χ4v) is 10.9. The lowest BCUT2D eigenvalue weighted by atomic mass is 10.1. The maximum atomic E-state index is 12.9. The van der Waals surface area contributed by atoms with Crippen molar-refractivity contribution in [3.63, 3.8) is 0 Å². The number of esters is 1. The molecule has 0 atom stereocenters. The molecule has 0 radical (unpaired) electrons. The quantitative estimate of drug-likeness (QED) is 0.137. The van der Waals surface area contributed by atoms with Crippen LogP contribution in [0, 0.1) is 0 Å². The molecule has 1 heterocycles. The Bertz CT molecular complexity index is 1600. The Balaban J connectivity index is 1.19. The normalized spacial score (nSPS) is 11.6. The summed E-state index contributed by atoms with van der Waals surface area (Å²) < 4.78 is 8.31. The van der Waals surface area contributed by atoms with Gasteiger partial charge >= 0.3 is 5.97 Å². The SMILES string of the molecule is O=C(CCC[P+](c1ccccc1)(c1ccccc1)c1ccccc1)OCc1ccc2sc3ccccc3c2c1. The monoisotopic (exact) mass is 545 g/mol. The maximum absolute atomic E-state index is 12.9. The largest absolute Gasteiger partial charge is 0.461 e. The maximum Gasteiger partial charge on any atom is 0.306 e. The topological polar surface area (TPSA) is 26.3 Å². The minimum absolute atomic E-state index is 0.141. The summed E-state index contributed by atoms with van der Waals surface area (Å²) in [5.41, 5.74) is 1.03. The average Bonchev–Trinajstić information content (AvgIpc) is 3.38. The Hall–Kier alpha value is -3.78. The van der Waals surface area contributed by atoms with Crippen molar-refractivity contribution in [3.05, 3.63) is 139 Å². The van der Waals surface area contributed by atoms with Gasteiger partial charge in [0.05, 0.1) is 6.16 Å². The van der Waals surface area contributed by atoms with Crippen molar-refractivity contribution in [2.45, 2.75) is 19.4 Å². The minimum Gasteiger partial charge on any atom is -0.461 e. The Morgan fingerprint density at radius 2 is 1.15 bits per heavy atom. The minimum atomic E-state index is -1.94. The van der Waals surface area contributed by atoms with Gasteiger partial charge in [-0.25, -0.2) is 0 Å². The van der Waals surface area contributed by atoms with Crippen LogP contribution in [-0.4, -0.2) is 12.1 Å². The summed E-state index contributed by atoms with van der Waals surface area (Å²) in [6, 6.07) is 47.3. The van der Waals surface area contributed by atoms with Crippen molar-refractivity contribution in [1.82, 2.24) is 0 Å². The highest BCUT2D eigenvalue weighted by Gasteiger charge is 2.44. The molecule has 0 amide bonds. The molecule has 39 heavy (non-hydrogen) atoms. The highest BCUT2D eigenvalue weighted by atomic mass is 32.1. The van der Waals surface area contributed by atoms with E-state index in [9.17, 15) is 4.79 Å². The number of hydrogen-bond donors (Lipinski definition) is 0. The number of hydrogen-bond acceptors (Lipinski definition) is 3. The second kappa shape index (κ2) is 11.5. The molecule has 2 nitrogen and oxygen atoms in total. The summed E-state index contributed by atoms with van der Waals surface area (Å²) >= 11 is 1.80. The van der Waals surface area contributed by atoms with Gasteiger partial charge in [-0.1, -0.05) is 78.9 Å². The molecular weight excluding hydrogens is 515 g/mol. The molecule has 6 aromatic rings. The summed E-state index contributed by atoms with van der Waals surface area (Å²) in [5.74, 6) is -0.141. The molecule has 0 fully saturated rings. The fraction of sp³-hybridized carbons (Fsp3) is 0.114. The van der Waals surface area contributed by atoms with Crippen LogP contribution in [0.2, 0.25) is 0 Å². The van der Waals surface area contributed by atoms with E-state index in [1.807, 2.05) is 0 Å². The number of fused-ring (bicyclic) bond motifs is 3. The van der Waals surface area contributed by atoms with E-state index in [1.165, 1.54) is 36.1 Å². The van der Waals surface area contributed by atoms with Crippen LogP contribution in [-0.2, 0) is 16.1 Å². The second-order valence-electron chi connectivity index (χ2n) is 9.73. The first-order valence-corrected chi connectivity index (χ1v) is 16.1. The second-order valence-corrected chi connectivity index (χ2v) is 14.4. The molecular formula is C35H30O2PS+. The molecule has 6 rings (SSSR count).